The number of benzene rings is 2. The smallest absolute Gasteiger partial charge is 0.339 e. The molecule has 0 spiro atoms. The minimum Gasteiger partial charge on any atom is -0.449 e. The van der Waals surface area contributed by atoms with Crippen LogP contribution in [0.5, 0.6) is 0 Å². The van der Waals surface area contributed by atoms with E-state index in [1.54, 1.807) is 12.1 Å². The van der Waals surface area contributed by atoms with Gasteiger partial charge in [0.1, 0.15) is 5.82 Å². The van der Waals surface area contributed by atoms with Crippen molar-refractivity contribution in [3.8, 4) is 0 Å². The molecule has 1 aliphatic heterocycles. The molecule has 2 aromatic carbocycles. The Morgan fingerprint density at radius 2 is 1.85 bits per heavy atom. The summed E-state index contributed by atoms with van der Waals surface area (Å²) >= 11 is 0. The number of carbonyl (C=O) groups is 2. The molecule has 1 heterocycles. The molecular formula is C20H21FN2O4. The van der Waals surface area contributed by atoms with Crippen molar-refractivity contribution in [2.45, 2.75) is 13.0 Å². The Bertz CT molecular complexity index is 804. The molecule has 1 aliphatic rings. The molecule has 0 saturated carbocycles. The number of amides is 1. The first-order valence-corrected chi connectivity index (χ1v) is 8.73. The van der Waals surface area contributed by atoms with Crippen molar-refractivity contribution in [1.29, 1.82) is 0 Å². The molecule has 0 unspecified atom stereocenters. The number of anilines is 2. The topological polar surface area (TPSA) is 67.9 Å². The molecule has 0 bridgehead atoms. The zero-order valence-corrected chi connectivity index (χ0v) is 15.0. The van der Waals surface area contributed by atoms with Crippen LogP contribution in [0.25, 0.3) is 0 Å². The average Bonchev–Trinajstić information content (AvgIpc) is 2.69. The van der Waals surface area contributed by atoms with Crippen molar-refractivity contribution in [2.75, 3.05) is 36.5 Å². The predicted molar refractivity (Wildman–Crippen MR) is 99.4 cm³/mol. The van der Waals surface area contributed by atoms with Gasteiger partial charge in [0.15, 0.2) is 6.10 Å². The summed E-state index contributed by atoms with van der Waals surface area (Å²) in [4.78, 5) is 26.4. The highest BCUT2D eigenvalue weighted by molar-refractivity contribution is 5.97. The maximum atomic E-state index is 13.2. The minimum atomic E-state index is -1.01. The lowest BCUT2D eigenvalue weighted by Crippen LogP contribution is -2.36. The molecule has 1 N–H and O–H groups in total. The second-order valence-electron chi connectivity index (χ2n) is 6.19. The van der Waals surface area contributed by atoms with E-state index in [4.69, 9.17) is 9.47 Å². The van der Waals surface area contributed by atoms with E-state index in [1.807, 2.05) is 12.1 Å². The van der Waals surface area contributed by atoms with Gasteiger partial charge in [0.05, 0.1) is 18.8 Å². The molecular weight excluding hydrogens is 351 g/mol. The second kappa shape index (κ2) is 8.64. The van der Waals surface area contributed by atoms with Crippen molar-refractivity contribution >= 4 is 23.3 Å². The summed E-state index contributed by atoms with van der Waals surface area (Å²) in [5.74, 6) is -1.75. The summed E-state index contributed by atoms with van der Waals surface area (Å²) in [5.41, 5.74) is 1.72. The third-order valence-corrected chi connectivity index (χ3v) is 4.22. The SMILES string of the molecule is C[C@@H](OC(=O)c1cccc(F)c1)C(=O)Nc1ccc(N2CCOCC2)cc1. The largest absolute Gasteiger partial charge is 0.449 e. The van der Waals surface area contributed by atoms with E-state index in [0.717, 1.165) is 24.8 Å². The second-order valence-corrected chi connectivity index (χ2v) is 6.19. The Morgan fingerprint density at radius 1 is 1.15 bits per heavy atom. The average molecular weight is 372 g/mol. The van der Waals surface area contributed by atoms with Crippen LogP contribution in [0, 0.1) is 5.82 Å². The number of rotatable bonds is 5. The van der Waals surface area contributed by atoms with Crippen molar-refractivity contribution in [3.05, 3.63) is 59.9 Å². The van der Waals surface area contributed by atoms with Gasteiger partial charge >= 0.3 is 5.97 Å². The number of hydrogen-bond acceptors (Lipinski definition) is 5. The zero-order valence-electron chi connectivity index (χ0n) is 15.0. The standard InChI is InChI=1S/C20H21FN2O4/c1-14(27-20(25)15-3-2-4-16(21)13-15)19(24)22-17-5-7-18(8-6-17)23-9-11-26-12-10-23/h2-8,13-14H,9-12H2,1H3,(H,22,24)/t14-/m1/s1. The van der Waals surface area contributed by atoms with E-state index in [9.17, 15) is 14.0 Å². The number of esters is 1. The van der Waals surface area contributed by atoms with Crippen LogP contribution in [-0.4, -0.2) is 44.3 Å². The van der Waals surface area contributed by atoms with Gasteiger partial charge in [0.25, 0.3) is 5.91 Å². The fourth-order valence-electron chi connectivity index (χ4n) is 2.72. The quantitative estimate of drug-likeness (QED) is 0.818. The molecule has 1 amide bonds. The van der Waals surface area contributed by atoms with Crippen LogP contribution in [0.15, 0.2) is 48.5 Å². The highest BCUT2D eigenvalue weighted by Gasteiger charge is 2.19. The number of ether oxygens (including phenoxy) is 2. The lowest BCUT2D eigenvalue weighted by Gasteiger charge is -2.28. The predicted octanol–water partition coefficient (Wildman–Crippen LogP) is 2.85. The normalized spacial score (nSPS) is 15.1. The molecule has 2 aromatic rings. The van der Waals surface area contributed by atoms with Crippen molar-refractivity contribution in [2.24, 2.45) is 0 Å². The fourth-order valence-corrected chi connectivity index (χ4v) is 2.72. The summed E-state index contributed by atoms with van der Waals surface area (Å²) in [5, 5.41) is 2.71. The van der Waals surface area contributed by atoms with Crippen LogP contribution in [0.4, 0.5) is 15.8 Å². The Kier molecular flexibility index (Phi) is 6.03. The van der Waals surface area contributed by atoms with E-state index in [0.29, 0.717) is 18.9 Å². The van der Waals surface area contributed by atoms with E-state index < -0.39 is 23.8 Å². The highest BCUT2D eigenvalue weighted by atomic mass is 19.1. The Labute approximate surface area is 156 Å². The summed E-state index contributed by atoms with van der Waals surface area (Å²) in [6, 6.07) is 12.6. The molecule has 0 radical (unpaired) electrons. The zero-order chi connectivity index (χ0) is 19.2. The Morgan fingerprint density at radius 3 is 2.52 bits per heavy atom. The van der Waals surface area contributed by atoms with Gasteiger partial charge in [0.2, 0.25) is 0 Å². The van der Waals surface area contributed by atoms with Gasteiger partial charge in [-0.1, -0.05) is 6.07 Å². The summed E-state index contributed by atoms with van der Waals surface area (Å²) in [7, 11) is 0. The van der Waals surface area contributed by atoms with Crippen molar-refractivity contribution < 1.29 is 23.5 Å². The van der Waals surface area contributed by atoms with Gasteiger partial charge in [-0.05, 0) is 49.4 Å². The molecule has 1 saturated heterocycles. The van der Waals surface area contributed by atoms with Crippen molar-refractivity contribution in [3.63, 3.8) is 0 Å². The maximum Gasteiger partial charge on any atom is 0.339 e. The van der Waals surface area contributed by atoms with Crippen LogP contribution in [0.2, 0.25) is 0 Å². The van der Waals surface area contributed by atoms with Gasteiger partial charge in [-0.25, -0.2) is 9.18 Å². The molecule has 142 valence electrons. The lowest BCUT2D eigenvalue weighted by atomic mass is 10.2. The maximum absolute atomic E-state index is 13.2. The van der Waals surface area contributed by atoms with Gasteiger partial charge < -0.3 is 19.7 Å². The van der Waals surface area contributed by atoms with Gasteiger partial charge in [-0.15, -0.1) is 0 Å². The molecule has 27 heavy (non-hydrogen) atoms. The molecule has 0 aromatic heterocycles. The van der Waals surface area contributed by atoms with Crippen LogP contribution < -0.4 is 10.2 Å². The van der Waals surface area contributed by atoms with E-state index >= 15 is 0 Å². The van der Waals surface area contributed by atoms with Crippen LogP contribution in [-0.2, 0) is 14.3 Å². The summed E-state index contributed by atoms with van der Waals surface area (Å²) in [6.07, 6.45) is -1.01. The van der Waals surface area contributed by atoms with E-state index in [1.165, 1.54) is 25.1 Å². The monoisotopic (exact) mass is 372 g/mol. The number of morpholine rings is 1. The summed E-state index contributed by atoms with van der Waals surface area (Å²) in [6.45, 7) is 4.53. The number of hydrogen-bond donors (Lipinski definition) is 1. The first-order valence-electron chi connectivity index (χ1n) is 8.73. The number of nitrogens with one attached hydrogen (secondary N) is 1. The number of halogens is 1. The first kappa shape index (κ1) is 18.8. The van der Waals surface area contributed by atoms with E-state index in [2.05, 4.69) is 10.2 Å². The summed E-state index contributed by atoms with van der Waals surface area (Å²) < 4.78 is 23.6. The first-order chi connectivity index (χ1) is 13.0. The van der Waals surface area contributed by atoms with Crippen molar-refractivity contribution in [1.82, 2.24) is 0 Å². The highest BCUT2D eigenvalue weighted by Crippen LogP contribution is 2.19. The Hall–Kier alpha value is -2.93. The third kappa shape index (κ3) is 5.04. The number of carbonyl (C=O) groups excluding carboxylic acids is 2. The van der Waals surface area contributed by atoms with E-state index in [-0.39, 0.29) is 5.56 Å². The molecule has 1 fully saturated rings. The Balaban J connectivity index is 1.55. The lowest BCUT2D eigenvalue weighted by molar-refractivity contribution is -0.123. The molecule has 6 nitrogen and oxygen atoms in total. The third-order valence-electron chi connectivity index (χ3n) is 4.22. The fraction of sp³-hybridized carbons (Fsp3) is 0.300. The van der Waals surface area contributed by atoms with Gasteiger partial charge in [-0.2, -0.15) is 0 Å². The number of nitrogens with zero attached hydrogens (tertiary/aromatic N) is 1. The molecule has 0 aliphatic carbocycles. The molecule has 1 atom stereocenters. The molecule has 7 heteroatoms. The van der Waals surface area contributed by atoms with Crippen LogP contribution in [0.1, 0.15) is 17.3 Å². The van der Waals surface area contributed by atoms with Crippen LogP contribution in [0.3, 0.4) is 0 Å². The molecule has 3 rings (SSSR count). The van der Waals surface area contributed by atoms with Crippen LogP contribution >= 0.6 is 0 Å². The minimum absolute atomic E-state index is 0.0597. The van der Waals surface area contributed by atoms with Gasteiger partial charge in [0, 0.05) is 24.5 Å². The van der Waals surface area contributed by atoms with Gasteiger partial charge in [-0.3, -0.25) is 4.79 Å².